The molecule has 1 aliphatic rings. The van der Waals surface area contributed by atoms with Gasteiger partial charge in [-0.25, -0.2) is 4.79 Å². The Morgan fingerprint density at radius 1 is 1.24 bits per heavy atom. The van der Waals surface area contributed by atoms with E-state index < -0.39 is 29.6 Å². The number of alkyl carbamates (subject to hydrolysis) is 1. The van der Waals surface area contributed by atoms with Crippen molar-refractivity contribution in [2.24, 2.45) is 11.8 Å². The zero-order valence-corrected chi connectivity index (χ0v) is 17.3. The van der Waals surface area contributed by atoms with E-state index >= 15 is 0 Å². The molecule has 0 heterocycles. The van der Waals surface area contributed by atoms with Crippen LogP contribution in [0.3, 0.4) is 0 Å². The summed E-state index contributed by atoms with van der Waals surface area (Å²) in [5.74, 6) is -0.704. The molecule has 0 bridgehead atoms. The van der Waals surface area contributed by atoms with E-state index in [0.717, 1.165) is 18.4 Å². The molecule has 0 aromatic heterocycles. The SMILES string of the molecule is CCC(CC)CC([N+](=O)[O-])C1(NC(=O)OCc2ccccc2)CC(C(=O)OC)C1. The van der Waals surface area contributed by atoms with Crippen LogP contribution >= 0.6 is 0 Å². The molecule has 0 saturated heterocycles. The van der Waals surface area contributed by atoms with Gasteiger partial charge >= 0.3 is 12.1 Å². The van der Waals surface area contributed by atoms with Gasteiger partial charge in [0.25, 0.3) is 0 Å². The van der Waals surface area contributed by atoms with Gasteiger partial charge in [-0.2, -0.15) is 0 Å². The van der Waals surface area contributed by atoms with Crippen LogP contribution < -0.4 is 5.32 Å². The summed E-state index contributed by atoms with van der Waals surface area (Å²) in [5, 5.41) is 14.6. The first-order valence-corrected chi connectivity index (χ1v) is 10.0. The van der Waals surface area contributed by atoms with E-state index in [4.69, 9.17) is 9.47 Å². The van der Waals surface area contributed by atoms with Crippen LogP contribution in [0.4, 0.5) is 4.79 Å². The number of nitrogens with zero attached hydrogens (tertiary/aromatic N) is 1. The first-order chi connectivity index (χ1) is 13.8. The van der Waals surface area contributed by atoms with Crippen LogP contribution in [-0.4, -0.2) is 35.7 Å². The quantitative estimate of drug-likeness (QED) is 0.360. The van der Waals surface area contributed by atoms with Crippen LogP contribution in [0, 0.1) is 22.0 Å². The van der Waals surface area contributed by atoms with Gasteiger partial charge in [0.15, 0.2) is 0 Å². The smallest absolute Gasteiger partial charge is 0.408 e. The number of amides is 1. The molecule has 1 saturated carbocycles. The first-order valence-electron chi connectivity index (χ1n) is 10.0. The van der Waals surface area contributed by atoms with Gasteiger partial charge in [0.2, 0.25) is 6.04 Å². The number of nitro groups is 1. The van der Waals surface area contributed by atoms with Crippen LogP contribution in [0.5, 0.6) is 0 Å². The molecule has 2 rings (SSSR count). The van der Waals surface area contributed by atoms with Gasteiger partial charge in [-0.05, 0) is 24.3 Å². The Balaban J connectivity index is 2.13. The molecular weight excluding hydrogens is 376 g/mol. The minimum atomic E-state index is -1.11. The summed E-state index contributed by atoms with van der Waals surface area (Å²) >= 11 is 0. The van der Waals surface area contributed by atoms with Gasteiger partial charge in [0.05, 0.1) is 13.0 Å². The molecule has 0 spiro atoms. The standard InChI is InChI=1S/C21H30N2O6/c1-4-15(5-2)11-18(23(26)27)21(12-17(13-21)19(24)28-3)22-20(25)29-14-16-9-7-6-8-10-16/h6-10,15,17-18H,4-5,11-14H2,1-3H3,(H,22,25). The number of esters is 1. The molecule has 1 N–H and O–H groups in total. The number of benzene rings is 1. The highest BCUT2D eigenvalue weighted by Gasteiger charge is 2.59. The lowest BCUT2D eigenvalue weighted by Gasteiger charge is -2.47. The van der Waals surface area contributed by atoms with Crippen LogP contribution in [0.25, 0.3) is 0 Å². The van der Waals surface area contributed by atoms with Crippen molar-refractivity contribution in [2.45, 2.75) is 64.1 Å². The zero-order valence-electron chi connectivity index (χ0n) is 17.3. The van der Waals surface area contributed by atoms with Crippen molar-refractivity contribution in [1.29, 1.82) is 0 Å². The molecule has 1 unspecified atom stereocenters. The number of hydrogen-bond donors (Lipinski definition) is 1. The molecule has 8 nitrogen and oxygen atoms in total. The number of hydrogen-bond acceptors (Lipinski definition) is 6. The van der Waals surface area contributed by atoms with Crippen molar-refractivity contribution in [3.8, 4) is 0 Å². The molecule has 1 aromatic rings. The highest BCUT2D eigenvalue weighted by Crippen LogP contribution is 2.44. The maximum absolute atomic E-state index is 12.5. The lowest BCUT2D eigenvalue weighted by atomic mass is 9.62. The summed E-state index contributed by atoms with van der Waals surface area (Å²) in [6.45, 7) is 4.06. The van der Waals surface area contributed by atoms with Crippen molar-refractivity contribution >= 4 is 12.1 Å². The van der Waals surface area contributed by atoms with Crippen LogP contribution in [0.2, 0.25) is 0 Å². The van der Waals surface area contributed by atoms with E-state index in [1.165, 1.54) is 7.11 Å². The first kappa shape index (κ1) is 22.6. The summed E-state index contributed by atoms with van der Waals surface area (Å²) in [6.07, 6.45) is 1.60. The van der Waals surface area contributed by atoms with Crippen molar-refractivity contribution in [2.75, 3.05) is 7.11 Å². The second-order valence-electron chi connectivity index (χ2n) is 7.69. The van der Waals surface area contributed by atoms with Gasteiger partial charge in [-0.3, -0.25) is 14.9 Å². The van der Waals surface area contributed by atoms with Crippen molar-refractivity contribution < 1.29 is 24.0 Å². The van der Waals surface area contributed by atoms with Crippen molar-refractivity contribution in [3.63, 3.8) is 0 Å². The van der Waals surface area contributed by atoms with Gasteiger partial charge in [-0.15, -0.1) is 0 Å². The molecule has 1 aliphatic carbocycles. The number of rotatable bonds is 10. The average Bonchev–Trinajstić information content (AvgIpc) is 2.70. The van der Waals surface area contributed by atoms with Crippen molar-refractivity contribution in [1.82, 2.24) is 5.32 Å². The second kappa shape index (κ2) is 10.2. The van der Waals surface area contributed by atoms with E-state index in [9.17, 15) is 19.7 Å². The maximum Gasteiger partial charge on any atom is 0.408 e. The van der Waals surface area contributed by atoms with Crippen molar-refractivity contribution in [3.05, 3.63) is 46.0 Å². The molecule has 1 fully saturated rings. The average molecular weight is 406 g/mol. The maximum atomic E-state index is 12.5. The number of nitrogens with one attached hydrogen (secondary N) is 1. The number of ether oxygens (including phenoxy) is 2. The fourth-order valence-corrected chi connectivity index (χ4v) is 4.02. The third kappa shape index (κ3) is 5.68. The third-order valence-electron chi connectivity index (χ3n) is 5.92. The van der Waals surface area contributed by atoms with E-state index in [2.05, 4.69) is 5.32 Å². The molecule has 1 atom stereocenters. The van der Waals surface area contributed by atoms with Crippen LogP contribution in [0.1, 0.15) is 51.5 Å². The van der Waals surface area contributed by atoms with Gasteiger partial charge in [0, 0.05) is 11.3 Å². The monoisotopic (exact) mass is 406 g/mol. The Morgan fingerprint density at radius 2 is 1.86 bits per heavy atom. The van der Waals surface area contributed by atoms with E-state index in [-0.39, 0.29) is 30.3 Å². The summed E-state index contributed by atoms with van der Waals surface area (Å²) in [4.78, 5) is 35.9. The van der Waals surface area contributed by atoms with Crippen LogP contribution in [0.15, 0.2) is 30.3 Å². The number of carbonyl (C=O) groups is 2. The molecule has 0 radical (unpaired) electrons. The minimum absolute atomic E-state index is 0.0683. The summed E-state index contributed by atoms with van der Waals surface area (Å²) in [6, 6.07) is 8.20. The summed E-state index contributed by atoms with van der Waals surface area (Å²) in [7, 11) is 1.29. The molecular formula is C21H30N2O6. The summed E-state index contributed by atoms with van der Waals surface area (Å²) in [5.41, 5.74) is -0.292. The fraction of sp³-hybridized carbons (Fsp3) is 0.619. The fourth-order valence-electron chi connectivity index (χ4n) is 4.02. The Morgan fingerprint density at radius 3 is 2.38 bits per heavy atom. The van der Waals surface area contributed by atoms with Crippen LogP contribution in [-0.2, 0) is 20.9 Å². The Hall–Kier alpha value is -2.64. The predicted octanol–water partition coefficient (Wildman–Crippen LogP) is 3.71. The highest BCUT2D eigenvalue weighted by molar-refractivity contribution is 5.75. The van der Waals surface area contributed by atoms with E-state index in [1.54, 1.807) is 0 Å². The summed E-state index contributed by atoms with van der Waals surface area (Å²) < 4.78 is 10.0. The predicted molar refractivity (Wildman–Crippen MR) is 107 cm³/mol. The van der Waals surface area contributed by atoms with Gasteiger partial charge in [-0.1, -0.05) is 57.0 Å². The van der Waals surface area contributed by atoms with E-state index in [1.807, 2.05) is 44.2 Å². The molecule has 1 aromatic carbocycles. The number of methoxy groups -OCH3 is 1. The Labute approximate surface area is 171 Å². The van der Waals surface area contributed by atoms with Gasteiger partial charge in [0.1, 0.15) is 12.1 Å². The third-order valence-corrected chi connectivity index (χ3v) is 5.92. The molecule has 8 heteroatoms. The van der Waals surface area contributed by atoms with Gasteiger partial charge < -0.3 is 14.8 Å². The molecule has 1 amide bonds. The Bertz CT molecular complexity index is 698. The lowest BCUT2D eigenvalue weighted by Crippen LogP contribution is -2.67. The Kier molecular flexibility index (Phi) is 7.99. The largest absolute Gasteiger partial charge is 0.469 e. The molecule has 29 heavy (non-hydrogen) atoms. The highest BCUT2D eigenvalue weighted by atomic mass is 16.6. The van der Waals surface area contributed by atoms with E-state index in [0.29, 0.717) is 6.42 Å². The minimum Gasteiger partial charge on any atom is -0.469 e. The number of carbonyl (C=O) groups excluding carboxylic acids is 2. The zero-order chi connectivity index (χ0) is 21.4. The molecule has 160 valence electrons. The second-order valence-corrected chi connectivity index (χ2v) is 7.69. The normalized spacial score (nSPS) is 21.7. The topological polar surface area (TPSA) is 108 Å². The lowest BCUT2D eigenvalue weighted by molar-refractivity contribution is -0.541. The molecule has 0 aliphatic heterocycles.